The van der Waals surface area contributed by atoms with Crippen LogP contribution >= 0.6 is 0 Å². The van der Waals surface area contributed by atoms with Gasteiger partial charge in [0.05, 0.1) is 23.0 Å². The molecule has 3 heterocycles. The Hall–Kier alpha value is -4.14. The number of nitrogens with zero attached hydrogens (tertiary/aromatic N) is 6. The van der Waals surface area contributed by atoms with E-state index in [4.69, 9.17) is 9.97 Å². The summed E-state index contributed by atoms with van der Waals surface area (Å²) in [5, 5.41) is 12.8. The Morgan fingerprint density at radius 3 is 2.45 bits per heavy atom. The highest BCUT2D eigenvalue weighted by Crippen LogP contribution is 2.28. The first kappa shape index (κ1) is 27.4. The molecule has 3 aromatic heterocycles. The van der Waals surface area contributed by atoms with Gasteiger partial charge in [-0.3, -0.25) is 4.72 Å². The maximum Gasteiger partial charge on any atom is 0.264 e. The minimum Gasteiger partial charge on any atom is -0.351 e. The molecule has 5 rings (SSSR count). The molecule has 1 saturated carbocycles. The molecule has 4 aromatic rings. The summed E-state index contributed by atoms with van der Waals surface area (Å²) in [6, 6.07) is 14.3. The third kappa shape index (κ3) is 5.73. The van der Waals surface area contributed by atoms with Crippen LogP contribution in [0.1, 0.15) is 42.5 Å². The molecule has 0 amide bonds. The van der Waals surface area contributed by atoms with Gasteiger partial charge in [0.2, 0.25) is 5.95 Å². The second-order valence-corrected chi connectivity index (χ2v) is 12.1. The Bertz CT molecular complexity index is 1710. The molecule has 1 aliphatic rings. The van der Waals surface area contributed by atoms with Crippen LogP contribution in [0.5, 0.6) is 0 Å². The van der Waals surface area contributed by atoms with Crippen LogP contribution in [-0.4, -0.2) is 59.4 Å². The summed E-state index contributed by atoms with van der Waals surface area (Å²) in [6.45, 7) is 3.79. The van der Waals surface area contributed by atoms with Crippen LogP contribution in [0.15, 0.2) is 53.6 Å². The molecule has 10 nitrogen and oxygen atoms in total. The van der Waals surface area contributed by atoms with E-state index in [1.54, 1.807) is 37.4 Å². The van der Waals surface area contributed by atoms with Crippen LogP contribution in [0, 0.1) is 25.2 Å². The van der Waals surface area contributed by atoms with Crippen LogP contribution in [0.2, 0.25) is 0 Å². The van der Waals surface area contributed by atoms with Crippen LogP contribution in [0.4, 0.5) is 11.8 Å². The normalized spacial score (nSPS) is 17.5. The standard InChI is InChI=1S/C29H32N8O2S/c1-18-15-24(34-25-17-31-29(35-28(18)25)33-21-9-11-22(12-10-21)37(3)4)23-13-14-27(32-19(23)2)36-40(38,39)26-8-6-5-7-20(26)16-30/h5-8,13-15,17,21-22H,9-12H2,1-4H3,(H,32,36)(H,31,33,35)/t21-,22-. The lowest BCUT2D eigenvalue weighted by molar-refractivity contribution is 0.221. The fraction of sp³-hybridized carbons (Fsp3) is 0.345. The fourth-order valence-electron chi connectivity index (χ4n) is 5.18. The van der Waals surface area contributed by atoms with Crippen molar-refractivity contribution >= 4 is 32.8 Å². The lowest BCUT2D eigenvalue weighted by Crippen LogP contribution is -2.36. The predicted molar refractivity (Wildman–Crippen MR) is 155 cm³/mol. The second-order valence-electron chi connectivity index (χ2n) is 10.4. The molecular weight excluding hydrogens is 524 g/mol. The van der Waals surface area contributed by atoms with E-state index in [-0.39, 0.29) is 16.3 Å². The molecule has 1 fully saturated rings. The summed E-state index contributed by atoms with van der Waals surface area (Å²) in [5.41, 5.74) is 4.56. The fourth-order valence-corrected chi connectivity index (χ4v) is 6.34. The first-order chi connectivity index (χ1) is 19.1. The smallest absolute Gasteiger partial charge is 0.264 e. The first-order valence-electron chi connectivity index (χ1n) is 13.2. The maximum absolute atomic E-state index is 12.9. The van der Waals surface area contributed by atoms with E-state index in [1.807, 2.05) is 19.1 Å². The summed E-state index contributed by atoms with van der Waals surface area (Å²) >= 11 is 0. The van der Waals surface area contributed by atoms with Crippen molar-refractivity contribution in [1.29, 1.82) is 5.26 Å². The predicted octanol–water partition coefficient (Wildman–Crippen LogP) is 4.66. The van der Waals surface area contributed by atoms with E-state index in [2.05, 4.69) is 39.0 Å². The highest BCUT2D eigenvalue weighted by atomic mass is 32.2. The van der Waals surface area contributed by atoms with E-state index >= 15 is 0 Å². The monoisotopic (exact) mass is 556 g/mol. The first-order valence-corrected chi connectivity index (χ1v) is 14.7. The number of benzene rings is 1. The minimum atomic E-state index is -3.98. The van der Waals surface area contributed by atoms with E-state index < -0.39 is 10.0 Å². The zero-order chi connectivity index (χ0) is 28.4. The number of hydrogen-bond donors (Lipinski definition) is 2. The van der Waals surface area contributed by atoms with Crippen molar-refractivity contribution in [3.63, 3.8) is 0 Å². The molecule has 0 saturated heterocycles. The Morgan fingerprint density at radius 2 is 1.75 bits per heavy atom. The van der Waals surface area contributed by atoms with Crippen molar-refractivity contribution in [1.82, 2.24) is 24.8 Å². The largest absolute Gasteiger partial charge is 0.351 e. The molecule has 2 N–H and O–H groups in total. The number of aryl methyl sites for hydroxylation is 2. The number of nitriles is 1. The van der Waals surface area contributed by atoms with E-state index in [1.165, 1.54) is 12.1 Å². The summed E-state index contributed by atoms with van der Waals surface area (Å²) < 4.78 is 28.3. The topological polar surface area (TPSA) is 137 Å². The third-order valence-electron chi connectivity index (χ3n) is 7.40. The van der Waals surface area contributed by atoms with Gasteiger partial charge in [0, 0.05) is 23.3 Å². The molecule has 0 unspecified atom stereocenters. The van der Waals surface area contributed by atoms with Crippen molar-refractivity contribution < 1.29 is 8.42 Å². The van der Waals surface area contributed by atoms with Crippen LogP contribution in [0.25, 0.3) is 22.3 Å². The molecule has 40 heavy (non-hydrogen) atoms. The molecule has 206 valence electrons. The molecule has 0 atom stereocenters. The Kier molecular flexibility index (Phi) is 7.65. The van der Waals surface area contributed by atoms with Crippen LogP contribution in [0.3, 0.4) is 0 Å². The second kappa shape index (κ2) is 11.2. The number of aromatic nitrogens is 4. The molecule has 0 bridgehead atoms. The number of sulfonamides is 1. The van der Waals surface area contributed by atoms with Gasteiger partial charge in [-0.05, 0) is 89.5 Å². The Labute approximate surface area is 234 Å². The quantitative estimate of drug-likeness (QED) is 0.333. The van der Waals surface area contributed by atoms with E-state index in [0.717, 1.165) is 42.3 Å². The van der Waals surface area contributed by atoms with Crippen molar-refractivity contribution in [2.75, 3.05) is 24.1 Å². The molecule has 1 aliphatic carbocycles. The molecular formula is C29H32N8O2S. The highest BCUT2D eigenvalue weighted by Gasteiger charge is 2.23. The number of rotatable bonds is 7. The van der Waals surface area contributed by atoms with Gasteiger partial charge >= 0.3 is 0 Å². The van der Waals surface area contributed by atoms with Gasteiger partial charge in [0.1, 0.15) is 22.3 Å². The Morgan fingerprint density at radius 1 is 1.00 bits per heavy atom. The lowest BCUT2D eigenvalue weighted by Gasteiger charge is -2.32. The molecule has 0 spiro atoms. The average Bonchev–Trinajstić information content (AvgIpc) is 2.93. The van der Waals surface area contributed by atoms with E-state index in [0.29, 0.717) is 34.9 Å². The lowest BCUT2D eigenvalue weighted by atomic mass is 9.91. The van der Waals surface area contributed by atoms with Gasteiger partial charge in [-0.1, -0.05) is 12.1 Å². The summed E-state index contributed by atoms with van der Waals surface area (Å²) in [4.78, 5) is 20.8. The molecule has 1 aromatic carbocycles. The zero-order valence-electron chi connectivity index (χ0n) is 23.0. The van der Waals surface area contributed by atoms with Crippen molar-refractivity contribution in [2.24, 2.45) is 0 Å². The van der Waals surface area contributed by atoms with Gasteiger partial charge in [-0.2, -0.15) is 5.26 Å². The number of pyridine rings is 2. The van der Waals surface area contributed by atoms with Crippen molar-refractivity contribution in [3.05, 3.63) is 65.5 Å². The van der Waals surface area contributed by atoms with Crippen molar-refractivity contribution in [3.8, 4) is 17.3 Å². The average molecular weight is 557 g/mol. The van der Waals surface area contributed by atoms with Crippen LogP contribution in [-0.2, 0) is 10.0 Å². The third-order valence-corrected chi connectivity index (χ3v) is 8.81. The summed E-state index contributed by atoms with van der Waals surface area (Å²) in [5.74, 6) is 0.774. The summed E-state index contributed by atoms with van der Waals surface area (Å²) in [7, 11) is 0.296. The SMILES string of the molecule is Cc1nc(NS(=O)(=O)c2ccccc2C#N)ccc1-c1cc(C)c2nc(N[C@H]3CC[C@H](N(C)C)CC3)ncc2n1. The number of fused-ring (bicyclic) bond motifs is 1. The van der Waals surface area contributed by atoms with Gasteiger partial charge in [-0.15, -0.1) is 0 Å². The number of anilines is 2. The number of nitrogens with one attached hydrogen (secondary N) is 2. The molecule has 0 aliphatic heterocycles. The summed E-state index contributed by atoms with van der Waals surface area (Å²) in [6.07, 6.45) is 6.23. The van der Waals surface area contributed by atoms with Gasteiger partial charge in [0.15, 0.2) is 0 Å². The number of hydrogen-bond acceptors (Lipinski definition) is 9. The highest BCUT2D eigenvalue weighted by molar-refractivity contribution is 7.92. The van der Waals surface area contributed by atoms with Crippen LogP contribution < -0.4 is 10.0 Å². The maximum atomic E-state index is 12.9. The molecule has 0 radical (unpaired) electrons. The minimum absolute atomic E-state index is 0.0662. The van der Waals surface area contributed by atoms with Gasteiger partial charge in [0.25, 0.3) is 10.0 Å². The zero-order valence-corrected chi connectivity index (χ0v) is 23.8. The van der Waals surface area contributed by atoms with Gasteiger partial charge in [-0.25, -0.2) is 28.4 Å². The van der Waals surface area contributed by atoms with E-state index in [9.17, 15) is 13.7 Å². The Balaban J connectivity index is 1.35. The molecule has 11 heteroatoms. The van der Waals surface area contributed by atoms with Gasteiger partial charge < -0.3 is 10.2 Å². The van der Waals surface area contributed by atoms with Crippen molar-refractivity contribution in [2.45, 2.75) is 56.5 Å².